The Morgan fingerprint density at radius 1 is 1.11 bits per heavy atom. The molecule has 7 heteroatoms. The summed E-state index contributed by atoms with van der Waals surface area (Å²) in [5.74, 6) is -0.891. The van der Waals surface area contributed by atoms with Gasteiger partial charge in [0.1, 0.15) is 11.6 Å². The molecule has 3 rings (SSSR count). The molecule has 4 nitrogen and oxygen atoms in total. The first-order valence-corrected chi connectivity index (χ1v) is 9.04. The molecule has 0 saturated carbocycles. The first-order chi connectivity index (χ1) is 12.7. The van der Waals surface area contributed by atoms with Gasteiger partial charge in [-0.3, -0.25) is 4.79 Å². The maximum absolute atomic E-state index is 14.0. The van der Waals surface area contributed by atoms with E-state index in [1.165, 1.54) is 12.1 Å². The van der Waals surface area contributed by atoms with Gasteiger partial charge >= 0.3 is 0 Å². The fourth-order valence-corrected chi connectivity index (χ4v) is 2.89. The maximum Gasteiger partial charge on any atom is 0.259 e. The number of anilines is 1. The van der Waals surface area contributed by atoms with E-state index in [0.717, 1.165) is 11.8 Å². The number of nitrogens with zero attached hydrogens (tertiary/aromatic N) is 2. The second-order valence-electron chi connectivity index (χ2n) is 7.11. The van der Waals surface area contributed by atoms with Crippen molar-refractivity contribution in [2.75, 3.05) is 5.32 Å². The minimum atomic E-state index is -0.656. The van der Waals surface area contributed by atoms with Crippen LogP contribution in [0.15, 0.2) is 48.5 Å². The smallest absolute Gasteiger partial charge is 0.259 e. The number of hydrogen-bond donors (Lipinski definition) is 1. The van der Waals surface area contributed by atoms with E-state index >= 15 is 0 Å². The van der Waals surface area contributed by atoms with Crippen molar-refractivity contribution in [1.29, 1.82) is 0 Å². The number of rotatable bonds is 3. The van der Waals surface area contributed by atoms with Crippen LogP contribution in [-0.2, 0) is 5.41 Å². The number of aromatic nitrogens is 2. The van der Waals surface area contributed by atoms with E-state index in [-0.39, 0.29) is 16.0 Å². The van der Waals surface area contributed by atoms with Gasteiger partial charge in [0, 0.05) is 16.5 Å². The molecular formula is C20H18Cl2FN3O. The van der Waals surface area contributed by atoms with E-state index in [1.54, 1.807) is 28.9 Å². The number of halogens is 3. The van der Waals surface area contributed by atoms with Crippen molar-refractivity contribution in [1.82, 2.24) is 9.78 Å². The minimum Gasteiger partial charge on any atom is -0.306 e. The van der Waals surface area contributed by atoms with Gasteiger partial charge in [0.2, 0.25) is 0 Å². The summed E-state index contributed by atoms with van der Waals surface area (Å²) in [5.41, 5.74) is 0.959. The van der Waals surface area contributed by atoms with Crippen molar-refractivity contribution < 1.29 is 9.18 Å². The Kier molecular flexibility index (Phi) is 5.27. The first kappa shape index (κ1) is 19.4. The number of benzene rings is 2. The Morgan fingerprint density at radius 2 is 1.81 bits per heavy atom. The molecule has 0 aliphatic carbocycles. The lowest BCUT2D eigenvalue weighted by atomic mass is 9.92. The molecule has 0 unspecified atom stereocenters. The minimum absolute atomic E-state index is 0.147. The zero-order chi connectivity index (χ0) is 19.8. The molecule has 0 spiro atoms. The monoisotopic (exact) mass is 405 g/mol. The van der Waals surface area contributed by atoms with Crippen LogP contribution in [-0.4, -0.2) is 15.7 Å². The molecule has 0 saturated heterocycles. The molecule has 0 radical (unpaired) electrons. The molecule has 2 aromatic carbocycles. The Morgan fingerprint density at radius 3 is 2.48 bits per heavy atom. The quantitative estimate of drug-likeness (QED) is 0.592. The van der Waals surface area contributed by atoms with Gasteiger partial charge in [-0.25, -0.2) is 9.07 Å². The van der Waals surface area contributed by atoms with E-state index in [0.29, 0.717) is 16.5 Å². The van der Waals surface area contributed by atoms with Crippen molar-refractivity contribution in [3.8, 4) is 5.69 Å². The topological polar surface area (TPSA) is 46.9 Å². The molecule has 27 heavy (non-hydrogen) atoms. The number of hydrogen-bond acceptors (Lipinski definition) is 2. The van der Waals surface area contributed by atoms with Crippen LogP contribution in [0.2, 0.25) is 10.0 Å². The highest BCUT2D eigenvalue weighted by atomic mass is 35.5. The van der Waals surface area contributed by atoms with Gasteiger partial charge in [0.05, 0.1) is 22.0 Å². The van der Waals surface area contributed by atoms with Gasteiger partial charge in [-0.1, -0.05) is 56.1 Å². The van der Waals surface area contributed by atoms with Crippen molar-refractivity contribution in [2.24, 2.45) is 0 Å². The van der Waals surface area contributed by atoms with Gasteiger partial charge in [0.15, 0.2) is 0 Å². The van der Waals surface area contributed by atoms with Crippen LogP contribution in [0.1, 0.15) is 36.8 Å². The second kappa shape index (κ2) is 7.33. The normalized spacial score (nSPS) is 11.5. The average molecular weight is 406 g/mol. The van der Waals surface area contributed by atoms with E-state index in [1.807, 2.05) is 26.8 Å². The van der Waals surface area contributed by atoms with Crippen LogP contribution in [0.4, 0.5) is 10.2 Å². The lowest BCUT2D eigenvalue weighted by Crippen LogP contribution is -2.16. The highest BCUT2D eigenvalue weighted by Crippen LogP contribution is 2.29. The predicted molar refractivity (Wildman–Crippen MR) is 107 cm³/mol. The molecular weight excluding hydrogens is 388 g/mol. The fraction of sp³-hybridized carbons (Fsp3) is 0.200. The fourth-order valence-electron chi connectivity index (χ4n) is 2.50. The van der Waals surface area contributed by atoms with Crippen LogP contribution >= 0.6 is 23.2 Å². The number of carbonyl (C=O) groups excluding carboxylic acids is 1. The van der Waals surface area contributed by atoms with Gasteiger partial charge in [-0.15, -0.1) is 0 Å². The molecule has 1 N–H and O–H groups in total. The Bertz CT molecular complexity index is 1010. The van der Waals surface area contributed by atoms with Crippen molar-refractivity contribution >= 4 is 34.9 Å². The third-order valence-electron chi connectivity index (χ3n) is 3.97. The third kappa shape index (κ3) is 4.15. The lowest BCUT2D eigenvalue weighted by Gasteiger charge is -2.14. The summed E-state index contributed by atoms with van der Waals surface area (Å²) in [5, 5.41) is 8.07. The van der Waals surface area contributed by atoms with Gasteiger partial charge < -0.3 is 5.32 Å². The Balaban J connectivity index is 2.06. The van der Waals surface area contributed by atoms with Gasteiger partial charge in [-0.05, 0) is 30.3 Å². The van der Waals surface area contributed by atoms with Crippen LogP contribution in [0.25, 0.3) is 5.69 Å². The average Bonchev–Trinajstić information content (AvgIpc) is 3.01. The zero-order valence-corrected chi connectivity index (χ0v) is 16.6. The maximum atomic E-state index is 14.0. The summed E-state index contributed by atoms with van der Waals surface area (Å²) < 4.78 is 15.6. The zero-order valence-electron chi connectivity index (χ0n) is 15.1. The second-order valence-corrected chi connectivity index (χ2v) is 7.95. The van der Waals surface area contributed by atoms with Crippen molar-refractivity contribution in [2.45, 2.75) is 26.2 Å². The molecule has 1 aromatic heterocycles. The Hall–Kier alpha value is -2.37. The molecule has 0 bridgehead atoms. The summed E-state index contributed by atoms with van der Waals surface area (Å²) >= 11 is 12.2. The number of amides is 1. The highest BCUT2D eigenvalue weighted by molar-refractivity contribution is 6.32. The number of carbonyl (C=O) groups is 1. The summed E-state index contributed by atoms with van der Waals surface area (Å²) in [6, 6.07) is 12.7. The van der Waals surface area contributed by atoms with Crippen LogP contribution in [0.3, 0.4) is 0 Å². The Labute approximate surface area is 166 Å². The standard InChI is InChI=1S/C20H18Cl2FN3O/c1-20(2,3)17-11-18(26(25-17)16-7-5-4-6-14(16)22)24-19(27)13-10-12(21)8-9-15(13)23/h4-11H,1-3H3,(H,24,27). The van der Waals surface area contributed by atoms with Crippen molar-refractivity contribution in [3.05, 3.63) is 75.7 Å². The van der Waals surface area contributed by atoms with E-state index in [9.17, 15) is 9.18 Å². The van der Waals surface area contributed by atoms with Crippen LogP contribution in [0, 0.1) is 5.82 Å². The number of para-hydroxylation sites is 1. The highest BCUT2D eigenvalue weighted by Gasteiger charge is 2.23. The molecule has 140 valence electrons. The predicted octanol–water partition coefficient (Wildman–Crippen LogP) is 5.87. The van der Waals surface area contributed by atoms with E-state index in [2.05, 4.69) is 10.4 Å². The van der Waals surface area contributed by atoms with E-state index < -0.39 is 11.7 Å². The van der Waals surface area contributed by atoms with Gasteiger partial charge in [-0.2, -0.15) is 5.10 Å². The molecule has 1 amide bonds. The van der Waals surface area contributed by atoms with E-state index in [4.69, 9.17) is 23.2 Å². The van der Waals surface area contributed by atoms with Gasteiger partial charge in [0.25, 0.3) is 5.91 Å². The summed E-state index contributed by atoms with van der Waals surface area (Å²) in [6.07, 6.45) is 0. The van der Waals surface area contributed by atoms with Crippen molar-refractivity contribution in [3.63, 3.8) is 0 Å². The molecule has 0 aliphatic heterocycles. The van der Waals surface area contributed by atoms with Crippen LogP contribution in [0.5, 0.6) is 0 Å². The molecule has 0 fully saturated rings. The summed E-state index contributed by atoms with van der Waals surface area (Å²) in [6.45, 7) is 6.03. The SMILES string of the molecule is CC(C)(C)c1cc(NC(=O)c2cc(Cl)ccc2F)n(-c2ccccc2Cl)n1. The molecule has 0 aliphatic rings. The number of nitrogens with one attached hydrogen (secondary N) is 1. The molecule has 0 atom stereocenters. The molecule has 3 aromatic rings. The largest absolute Gasteiger partial charge is 0.306 e. The third-order valence-corrected chi connectivity index (χ3v) is 4.53. The van der Waals surface area contributed by atoms with Crippen LogP contribution < -0.4 is 5.32 Å². The summed E-state index contributed by atoms with van der Waals surface area (Å²) in [7, 11) is 0. The molecule has 1 heterocycles. The first-order valence-electron chi connectivity index (χ1n) is 8.28. The summed E-state index contributed by atoms with van der Waals surface area (Å²) in [4.78, 5) is 12.6. The lowest BCUT2D eigenvalue weighted by molar-refractivity contribution is 0.102.